The fourth-order valence-electron chi connectivity index (χ4n) is 2.54. The Bertz CT molecular complexity index is 914. The van der Waals surface area contributed by atoms with Crippen LogP contribution in [0.15, 0.2) is 71.8 Å². The van der Waals surface area contributed by atoms with Crippen LogP contribution in [0.4, 0.5) is 10.1 Å². The molecule has 0 aliphatic rings. The standard InChI is InChI=1S/C20H18FN3O/c1-14(18-8-4-6-15-5-2-3-7-19(15)18)23-24-20(25)13-22-17-11-9-16(21)10-12-17/h2-12,22H,13H2,1H3,(H,24,25)/b23-14-. The van der Waals surface area contributed by atoms with Gasteiger partial charge in [0.25, 0.3) is 5.91 Å². The Hall–Kier alpha value is -3.21. The van der Waals surface area contributed by atoms with Gasteiger partial charge in [-0.25, -0.2) is 9.82 Å². The number of hydrogen-bond acceptors (Lipinski definition) is 3. The van der Waals surface area contributed by atoms with Crippen molar-refractivity contribution in [1.82, 2.24) is 5.43 Å². The summed E-state index contributed by atoms with van der Waals surface area (Å²) < 4.78 is 12.8. The Balaban J connectivity index is 1.64. The molecule has 0 saturated carbocycles. The van der Waals surface area contributed by atoms with E-state index >= 15 is 0 Å². The van der Waals surface area contributed by atoms with Crippen LogP contribution in [0, 0.1) is 5.82 Å². The van der Waals surface area contributed by atoms with Gasteiger partial charge in [0.1, 0.15) is 5.82 Å². The van der Waals surface area contributed by atoms with Crippen molar-refractivity contribution in [1.29, 1.82) is 0 Å². The number of carbonyl (C=O) groups excluding carboxylic acids is 1. The fraction of sp³-hybridized carbons (Fsp3) is 0.100. The summed E-state index contributed by atoms with van der Waals surface area (Å²) in [5.74, 6) is -0.589. The predicted molar refractivity (Wildman–Crippen MR) is 99.2 cm³/mol. The smallest absolute Gasteiger partial charge is 0.259 e. The second-order valence-corrected chi connectivity index (χ2v) is 5.62. The number of carbonyl (C=O) groups is 1. The first-order valence-corrected chi connectivity index (χ1v) is 7.94. The van der Waals surface area contributed by atoms with E-state index in [1.54, 1.807) is 12.1 Å². The maximum Gasteiger partial charge on any atom is 0.259 e. The van der Waals surface area contributed by atoms with Gasteiger partial charge in [0.15, 0.2) is 0 Å². The topological polar surface area (TPSA) is 53.5 Å². The molecule has 0 spiro atoms. The molecule has 0 bridgehead atoms. The van der Waals surface area contributed by atoms with Gasteiger partial charge >= 0.3 is 0 Å². The van der Waals surface area contributed by atoms with Gasteiger partial charge in [-0.2, -0.15) is 5.10 Å². The highest BCUT2D eigenvalue weighted by Crippen LogP contribution is 2.19. The first-order chi connectivity index (χ1) is 12.1. The van der Waals surface area contributed by atoms with E-state index < -0.39 is 0 Å². The van der Waals surface area contributed by atoms with Crippen molar-refractivity contribution in [3.8, 4) is 0 Å². The van der Waals surface area contributed by atoms with Gasteiger partial charge in [-0.1, -0.05) is 42.5 Å². The number of rotatable bonds is 5. The van der Waals surface area contributed by atoms with Gasteiger partial charge < -0.3 is 5.32 Å². The van der Waals surface area contributed by atoms with E-state index in [0.717, 1.165) is 22.0 Å². The van der Waals surface area contributed by atoms with Crippen molar-refractivity contribution in [2.24, 2.45) is 5.10 Å². The number of halogens is 1. The lowest BCUT2D eigenvalue weighted by molar-refractivity contribution is -0.119. The number of hydrazone groups is 1. The van der Waals surface area contributed by atoms with E-state index in [-0.39, 0.29) is 18.3 Å². The van der Waals surface area contributed by atoms with E-state index in [9.17, 15) is 9.18 Å². The summed E-state index contributed by atoms with van der Waals surface area (Å²) >= 11 is 0. The highest BCUT2D eigenvalue weighted by molar-refractivity contribution is 6.09. The number of fused-ring (bicyclic) bond motifs is 1. The largest absolute Gasteiger partial charge is 0.376 e. The highest BCUT2D eigenvalue weighted by Gasteiger charge is 2.05. The third-order valence-electron chi connectivity index (χ3n) is 3.83. The minimum atomic E-state index is -0.315. The van der Waals surface area contributed by atoms with Crippen molar-refractivity contribution in [3.05, 3.63) is 78.1 Å². The molecule has 3 aromatic carbocycles. The van der Waals surface area contributed by atoms with E-state index in [0.29, 0.717) is 5.69 Å². The molecule has 126 valence electrons. The minimum Gasteiger partial charge on any atom is -0.376 e. The van der Waals surface area contributed by atoms with Crippen molar-refractivity contribution in [3.63, 3.8) is 0 Å². The fourth-order valence-corrected chi connectivity index (χ4v) is 2.54. The number of anilines is 1. The van der Waals surface area contributed by atoms with Gasteiger partial charge in [-0.3, -0.25) is 4.79 Å². The number of nitrogens with one attached hydrogen (secondary N) is 2. The van der Waals surface area contributed by atoms with Gasteiger partial charge in [0, 0.05) is 11.3 Å². The molecule has 3 aromatic rings. The third kappa shape index (κ3) is 4.20. The summed E-state index contributed by atoms with van der Waals surface area (Å²) in [4.78, 5) is 11.9. The lowest BCUT2D eigenvalue weighted by atomic mass is 10.0. The minimum absolute atomic E-state index is 0.0535. The monoisotopic (exact) mass is 335 g/mol. The van der Waals surface area contributed by atoms with Gasteiger partial charge in [0.2, 0.25) is 0 Å². The second-order valence-electron chi connectivity index (χ2n) is 5.62. The van der Waals surface area contributed by atoms with Crippen LogP contribution in [0.25, 0.3) is 10.8 Å². The molecular formula is C20H18FN3O. The highest BCUT2D eigenvalue weighted by atomic mass is 19.1. The first-order valence-electron chi connectivity index (χ1n) is 7.94. The van der Waals surface area contributed by atoms with Crippen molar-refractivity contribution in [2.45, 2.75) is 6.92 Å². The second kappa shape index (κ2) is 7.57. The predicted octanol–water partition coefficient (Wildman–Crippen LogP) is 3.93. The Kier molecular flexibility index (Phi) is 5.04. The van der Waals surface area contributed by atoms with E-state index in [2.05, 4.69) is 15.8 Å². The number of hydrogen-bond donors (Lipinski definition) is 2. The number of benzene rings is 3. The Morgan fingerprint density at radius 2 is 1.72 bits per heavy atom. The summed E-state index contributed by atoms with van der Waals surface area (Å²) in [7, 11) is 0. The summed E-state index contributed by atoms with van der Waals surface area (Å²) in [5, 5.41) is 9.32. The zero-order valence-electron chi connectivity index (χ0n) is 13.8. The van der Waals surface area contributed by atoms with E-state index in [1.165, 1.54) is 12.1 Å². The molecule has 0 aliphatic carbocycles. The molecule has 0 radical (unpaired) electrons. The molecule has 0 aromatic heterocycles. The number of amides is 1. The van der Waals surface area contributed by atoms with Gasteiger partial charge in [-0.05, 0) is 42.0 Å². The normalized spacial score (nSPS) is 11.4. The number of nitrogens with zero attached hydrogens (tertiary/aromatic N) is 1. The SMILES string of the molecule is C/C(=N/NC(=O)CNc1ccc(F)cc1)c1cccc2ccccc12. The molecule has 1 amide bonds. The maximum absolute atomic E-state index is 12.8. The third-order valence-corrected chi connectivity index (χ3v) is 3.83. The van der Waals surface area contributed by atoms with Gasteiger partial charge in [-0.15, -0.1) is 0 Å². The van der Waals surface area contributed by atoms with Crippen LogP contribution in [0.2, 0.25) is 0 Å². The Labute approximate surface area is 145 Å². The molecule has 5 heteroatoms. The van der Waals surface area contributed by atoms with E-state index in [1.807, 2.05) is 49.4 Å². The molecule has 2 N–H and O–H groups in total. The molecule has 0 aliphatic heterocycles. The molecule has 25 heavy (non-hydrogen) atoms. The van der Waals surface area contributed by atoms with Crippen LogP contribution in [-0.4, -0.2) is 18.2 Å². The molecule has 0 saturated heterocycles. The van der Waals surface area contributed by atoms with Crippen LogP contribution in [-0.2, 0) is 4.79 Å². The molecule has 4 nitrogen and oxygen atoms in total. The zero-order chi connectivity index (χ0) is 17.6. The van der Waals surface area contributed by atoms with Crippen molar-refractivity contribution in [2.75, 3.05) is 11.9 Å². The Morgan fingerprint density at radius 1 is 1.00 bits per heavy atom. The summed E-state index contributed by atoms with van der Waals surface area (Å²) in [6.45, 7) is 1.91. The van der Waals surface area contributed by atoms with Crippen LogP contribution in [0.5, 0.6) is 0 Å². The molecule has 0 atom stereocenters. The first kappa shape index (κ1) is 16.6. The van der Waals surface area contributed by atoms with E-state index in [4.69, 9.17) is 0 Å². The average molecular weight is 335 g/mol. The lowest BCUT2D eigenvalue weighted by Gasteiger charge is -2.08. The maximum atomic E-state index is 12.8. The molecular weight excluding hydrogens is 317 g/mol. The van der Waals surface area contributed by atoms with Crippen LogP contribution in [0.3, 0.4) is 0 Å². The molecule has 3 rings (SSSR count). The van der Waals surface area contributed by atoms with Crippen LogP contribution < -0.4 is 10.7 Å². The average Bonchev–Trinajstić information content (AvgIpc) is 2.65. The molecule has 0 unspecified atom stereocenters. The summed E-state index contributed by atoms with van der Waals surface area (Å²) in [6.07, 6.45) is 0. The van der Waals surface area contributed by atoms with Crippen molar-refractivity contribution < 1.29 is 9.18 Å². The quantitative estimate of drug-likeness (QED) is 0.548. The van der Waals surface area contributed by atoms with Crippen molar-refractivity contribution >= 4 is 28.1 Å². The van der Waals surface area contributed by atoms with Crippen LogP contribution in [0.1, 0.15) is 12.5 Å². The summed E-state index contributed by atoms with van der Waals surface area (Å²) in [6, 6.07) is 19.8. The molecule has 0 fully saturated rings. The molecule has 0 heterocycles. The van der Waals surface area contributed by atoms with Crippen LogP contribution >= 0.6 is 0 Å². The summed E-state index contributed by atoms with van der Waals surface area (Å²) in [5.41, 5.74) is 4.92. The van der Waals surface area contributed by atoms with Gasteiger partial charge in [0.05, 0.1) is 12.3 Å². The Morgan fingerprint density at radius 3 is 2.52 bits per heavy atom. The zero-order valence-corrected chi connectivity index (χ0v) is 13.8. The lowest BCUT2D eigenvalue weighted by Crippen LogP contribution is -2.26.